The highest BCUT2D eigenvalue weighted by atomic mass is 28.3. The molecule has 0 aromatic carbocycles. The van der Waals surface area contributed by atoms with Gasteiger partial charge >= 0.3 is 5.97 Å². The molecule has 1 saturated heterocycles. The first-order valence-corrected chi connectivity index (χ1v) is 8.73. The van der Waals surface area contributed by atoms with Crippen molar-refractivity contribution in [2.24, 2.45) is 0 Å². The van der Waals surface area contributed by atoms with Crippen LogP contribution in [0.5, 0.6) is 0 Å². The van der Waals surface area contributed by atoms with E-state index in [2.05, 4.69) is 26.6 Å². The van der Waals surface area contributed by atoms with E-state index in [-0.39, 0.29) is 11.6 Å². The highest BCUT2D eigenvalue weighted by Gasteiger charge is 2.36. The Labute approximate surface area is 81.7 Å². The topological polar surface area (TPSA) is 26.3 Å². The fourth-order valence-electron chi connectivity index (χ4n) is 1.56. The summed E-state index contributed by atoms with van der Waals surface area (Å²) in [5, 5.41) is 0. The Kier molecular flexibility index (Phi) is 2.85. The fraction of sp³-hybridized carbons (Fsp3) is 0.900. The Morgan fingerprint density at radius 1 is 1.46 bits per heavy atom. The molecule has 1 atom stereocenters. The normalized spacial score (nSPS) is 29.1. The molecule has 0 aliphatic carbocycles. The summed E-state index contributed by atoms with van der Waals surface area (Å²) in [6.45, 7) is 9.13. The van der Waals surface area contributed by atoms with Crippen LogP contribution < -0.4 is 0 Å². The maximum atomic E-state index is 11.0. The minimum absolute atomic E-state index is 0.0157. The predicted octanol–water partition coefficient (Wildman–Crippen LogP) is 2.81. The number of hydrogen-bond acceptors (Lipinski definition) is 2. The minimum Gasteiger partial charge on any atom is -0.459 e. The van der Waals surface area contributed by atoms with E-state index in [0.717, 1.165) is 12.8 Å². The molecule has 0 radical (unpaired) electrons. The number of ether oxygens (including phenoxy) is 1. The fourth-order valence-corrected chi connectivity index (χ4v) is 2.84. The Balaban J connectivity index is 2.40. The van der Waals surface area contributed by atoms with Gasteiger partial charge in [0.05, 0.1) is 0 Å². The van der Waals surface area contributed by atoms with Crippen LogP contribution in [0.15, 0.2) is 0 Å². The minimum atomic E-state index is -0.985. The molecule has 13 heavy (non-hydrogen) atoms. The summed E-state index contributed by atoms with van der Waals surface area (Å²) in [5.41, 5.74) is -0.142. The smallest absolute Gasteiger partial charge is 0.306 e. The van der Waals surface area contributed by atoms with E-state index in [0.29, 0.717) is 6.42 Å². The first-order valence-electron chi connectivity index (χ1n) is 5.03. The van der Waals surface area contributed by atoms with Gasteiger partial charge in [0.2, 0.25) is 0 Å². The van der Waals surface area contributed by atoms with Gasteiger partial charge in [-0.1, -0.05) is 25.7 Å². The third kappa shape index (κ3) is 3.51. The molecule has 1 aliphatic heterocycles. The highest BCUT2D eigenvalue weighted by molar-refractivity contribution is 6.76. The molecule has 1 unspecified atom stereocenters. The van der Waals surface area contributed by atoms with E-state index in [1.807, 2.05) is 0 Å². The number of carbonyl (C=O) groups excluding carboxylic acids is 1. The van der Waals surface area contributed by atoms with Crippen molar-refractivity contribution < 1.29 is 9.53 Å². The molecule has 0 amide bonds. The van der Waals surface area contributed by atoms with E-state index in [1.165, 1.54) is 6.04 Å². The molecule has 0 bridgehead atoms. The average Bonchev–Trinajstić information content (AvgIpc) is 2.27. The Morgan fingerprint density at radius 3 is 2.46 bits per heavy atom. The lowest BCUT2D eigenvalue weighted by molar-refractivity contribution is -0.147. The van der Waals surface area contributed by atoms with Crippen molar-refractivity contribution in [2.75, 3.05) is 0 Å². The Morgan fingerprint density at radius 2 is 2.08 bits per heavy atom. The molecule has 1 fully saturated rings. The molecule has 1 aliphatic rings. The summed E-state index contributed by atoms with van der Waals surface area (Å²) in [6.07, 6.45) is 2.58. The van der Waals surface area contributed by atoms with E-state index in [4.69, 9.17) is 4.74 Å². The second-order valence-electron chi connectivity index (χ2n) is 5.48. The molecule has 0 saturated carbocycles. The highest BCUT2D eigenvalue weighted by Crippen LogP contribution is 2.32. The zero-order valence-electron chi connectivity index (χ0n) is 9.14. The van der Waals surface area contributed by atoms with Crippen molar-refractivity contribution in [3.63, 3.8) is 0 Å². The SMILES string of the molecule is CC1(CC[Si](C)(C)C)CCC(=O)O1. The van der Waals surface area contributed by atoms with E-state index in [9.17, 15) is 4.79 Å². The molecule has 1 heterocycles. The van der Waals surface area contributed by atoms with E-state index in [1.54, 1.807) is 0 Å². The molecule has 0 aromatic rings. The van der Waals surface area contributed by atoms with Crippen LogP contribution in [0.4, 0.5) is 0 Å². The summed E-state index contributed by atoms with van der Waals surface area (Å²) < 4.78 is 5.33. The summed E-state index contributed by atoms with van der Waals surface area (Å²) in [5.74, 6) is -0.0157. The van der Waals surface area contributed by atoms with Crippen molar-refractivity contribution >= 4 is 14.0 Å². The van der Waals surface area contributed by atoms with Crippen LogP contribution in [0.3, 0.4) is 0 Å². The lowest BCUT2D eigenvalue weighted by Gasteiger charge is -2.26. The largest absolute Gasteiger partial charge is 0.459 e. The maximum absolute atomic E-state index is 11.0. The first kappa shape index (κ1) is 10.8. The molecule has 0 aromatic heterocycles. The average molecular weight is 200 g/mol. The van der Waals surface area contributed by atoms with Gasteiger partial charge in [-0.3, -0.25) is 4.79 Å². The van der Waals surface area contributed by atoms with Crippen LogP contribution >= 0.6 is 0 Å². The molecule has 1 rings (SSSR count). The van der Waals surface area contributed by atoms with Gasteiger partial charge in [-0.05, 0) is 19.8 Å². The van der Waals surface area contributed by atoms with Gasteiger partial charge in [0.25, 0.3) is 0 Å². The third-order valence-electron chi connectivity index (χ3n) is 2.62. The van der Waals surface area contributed by atoms with Gasteiger partial charge in [-0.25, -0.2) is 0 Å². The van der Waals surface area contributed by atoms with Crippen LogP contribution in [0.25, 0.3) is 0 Å². The van der Waals surface area contributed by atoms with Gasteiger partial charge in [0.1, 0.15) is 5.60 Å². The molecule has 0 N–H and O–H groups in total. The second-order valence-corrected chi connectivity index (χ2v) is 11.1. The first-order chi connectivity index (χ1) is 5.81. The van der Waals surface area contributed by atoms with Gasteiger partial charge in [0.15, 0.2) is 0 Å². The summed E-state index contributed by atoms with van der Waals surface area (Å²) >= 11 is 0. The molecular formula is C10H20O2Si. The third-order valence-corrected chi connectivity index (χ3v) is 4.37. The van der Waals surface area contributed by atoms with Crippen molar-refractivity contribution in [2.45, 2.75) is 57.5 Å². The van der Waals surface area contributed by atoms with Crippen LogP contribution in [0.1, 0.15) is 26.2 Å². The van der Waals surface area contributed by atoms with Crippen molar-refractivity contribution in [1.29, 1.82) is 0 Å². The second kappa shape index (κ2) is 3.44. The van der Waals surface area contributed by atoms with E-state index >= 15 is 0 Å². The van der Waals surface area contributed by atoms with Crippen molar-refractivity contribution in [3.8, 4) is 0 Å². The molecular weight excluding hydrogens is 180 g/mol. The lowest BCUT2D eigenvalue weighted by Crippen LogP contribution is -2.29. The van der Waals surface area contributed by atoms with Crippen LogP contribution in [-0.2, 0) is 9.53 Å². The summed E-state index contributed by atoms with van der Waals surface area (Å²) in [4.78, 5) is 11.0. The quantitative estimate of drug-likeness (QED) is 0.517. The standard InChI is InChI=1S/C10H20O2Si/c1-10(6-5-9(11)12-10)7-8-13(2,3)4/h5-8H2,1-4H3. The van der Waals surface area contributed by atoms with Gasteiger partial charge in [-0.15, -0.1) is 0 Å². The maximum Gasteiger partial charge on any atom is 0.306 e. The number of esters is 1. The van der Waals surface area contributed by atoms with Gasteiger partial charge in [-0.2, -0.15) is 0 Å². The molecule has 3 heteroatoms. The zero-order valence-corrected chi connectivity index (χ0v) is 10.1. The number of carbonyl (C=O) groups is 1. The zero-order chi connectivity index (χ0) is 10.1. The van der Waals surface area contributed by atoms with Crippen LogP contribution in [0, 0.1) is 0 Å². The van der Waals surface area contributed by atoms with Crippen LogP contribution in [0.2, 0.25) is 25.7 Å². The Bertz CT molecular complexity index is 207. The number of hydrogen-bond donors (Lipinski definition) is 0. The summed E-state index contributed by atoms with van der Waals surface area (Å²) in [6, 6.07) is 1.25. The van der Waals surface area contributed by atoms with Crippen molar-refractivity contribution in [1.82, 2.24) is 0 Å². The number of rotatable bonds is 3. The molecule has 2 nitrogen and oxygen atoms in total. The van der Waals surface area contributed by atoms with Crippen LogP contribution in [-0.4, -0.2) is 19.6 Å². The molecule has 76 valence electrons. The number of cyclic esters (lactones) is 1. The Hall–Kier alpha value is -0.313. The van der Waals surface area contributed by atoms with Gasteiger partial charge < -0.3 is 4.74 Å². The van der Waals surface area contributed by atoms with Crippen molar-refractivity contribution in [3.05, 3.63) is 0 Å². The lowest BCUT2D eigenvalue weighted by atomic mass is 10.00. The van der Waals surface area contributed by atoms with E-state index < -0.39 is 8.07 Å². The van der Waals surface area contributed by atoms with Gasteiger partial charge in [0, 0.05) is 14.5 Å². The molecule has 0 spiro atoms. The summed E-state index contributed by atoms with van der Waals surface area (Å²) in [7, 11) is -0.985. The predicted molar refractivity (Wildman–Crippen MR) is 56.5 cm³/mol. The monoisotopic (exact) mass is 200 g/mol.